The normalized spacial score (nSPS) is 12.4. The van der Waals surface area contributed by atoms with Crippen molar-refractivity contribution in [2.45, 2.75) is 32.5 Å². The van der Waals surface area contributed by atoms with Crippen LogP contribution in [-0.2, 0) is 6.18 Å². The van der Waals surface area contributed by atoms with E-state index in [9.17, 15) is 18.3 Å². The van der Waals surface area contributed by atoms with Crippen molar-refractivity contribution in [2.24, 2.45) is 0 Å². The van der Waals surface area contributed by atoms with Crippen molar-refractivity contribution in [3.8, 4) is 11.5 Å². The quantitative estimate of drug-likeness (QED) is 0.555. The number of aliphatic hydroxyl groups is 1. The third-order valence-corrected chi connectivity index (χ3v) is 3.66. The number of hydrogen-bond donors (Lipinski definition) is 3. The lowest BCUT2D eigenvalue weighted by Crippen LogP contribution is -2.30. The average Bonchev–Trinajstić information content (AvgIpc) is 2.65. The Morgan fingerprint density at radius 1 is 1.10 bits per heavy atom. The number of alkyl halides is 3. The molecule has 3 rings (SSSR count). The molecule has 0 spiro atoms. The zero-order valence-electron chi connectivity index (χ0n) is 17.4. The van der Waals surface area contributed by atoms with Crippen LogP contribution in [0.2, 0.25) is 0 Å². The van der Waals surface area contributed by atoms with Crippen LogP contribution in [0, 0.1) is 6.92 Å². The fourth-order valence-corrected chi connectivity index (χ4v) is 2.33. The van der Waals surface area contributed by atoms with Gasteiger partial charge in [0.25, 0.3) is 0 Å². The summed E-state index contributed by atoms with van der Waals surface area (Å²) in [5, 5.41) is 15.7. The van der Waals surface area contributed by atoms with Gasteiger partial charge in [-0.1, -0.05) is 6.07 Å². The molecule has 8 nitrogen and oxygen atoms in total. The van der Waals surface area contributed by atoms with Gasteiger partial charge >= 0.3 is 6.18 Å². The molecule has 0 saturated carbocycles. The lowest BCUT2D eigenvalue weighted by atomic mass is 10.1. The van der Waals surface area contributed by atoms with Gasteiger partial charge in [-0.3, -0.25) is 4.98 Å². The number of halogens is 3. The van der Waals surface area contributed by atoms with Crippen LogP contribution in [0.25, 0.3) is 11.5 Å². The van der Waals surface area contributed by atoms with E-state index in [0.717, 1.165) is 17.8 Å². The molecule has 158 valence electrons. The van der Waals surface area contributed by atoms with Crippen molar-refractivity contribution in [1.29, 1.82) is 0 Å². The molecule has 0 amide bonds. The third kappa shape index (κ3) is 5.83. The second-order valence-corrected chi connectivity index (χ2v) is 7.10. The number of pyridine rings is 2. The number of anilines is 3. The second kappa shape index (κ2) is 8.19. The first kappa shape index (κ1) is 20.0. The maximum absolute atomic E-state index is 13.1. The number of nitrogens with one attached hydrogen (secondary N) is 2. The van der Waals surface area contributed by atoms with E-state index in [4.69, 9.17) is 1.37 Å². The Morgan fingerprint density at radius 2 is 1.83 bits per heavy atom. The maximum atomic E-state index is 13.1. The van der Waals surface area contributed by atoms with E-state index in [1.165, 1.54) is 0 Å². The Morgan fingerprint density at radius 3 is 2.50 bits per heavy atom. The summed E-state index contributed by atoms with van der Waals surface area (Å²) in [4.78, 5) is 20.1. The number of aryl methyl sites for hydroxylation is 1. The van der Waals surface area contributed by atoms with Crippen LogP contribution in [0.15, 0.2) is 36.5 Å². The molecule has 0 aromatic carbocycles. The maximum Gasteiger partial charge on any atom is 0.433 e. The smallest absolute Gasteiger partial charge is 0.389 e. The van der Waals surface area contributed by atoms with Gasteiger partial charge in [0, 0.05) is 24.1 Å². The predicted molar refractivity (Wildman–Crippen MR) is 105 cm³/mol. The molecule has 0 fully saturated rings. The molecule has 3 N–H and O–H groups in total. The fraction of sp³-hybridized carbons (Fsp3) is 0.316. The van der Waals surface area contributed by atoms with Crippen LogP contribution in [0.1, 0.15) is 26.6 Å². The summed E-state index contributed by atoms with van der Waals surface area (Å²) in [7, 11) is 0. The van der Waals surface area contributed by atoms with Crippen molar-refractivity contribution >= 4 is 17.6 Å². The van der Waals surface area contributed by atoms with E-state index in [0.29, 0.717) is 5.69 Å². The minimum atomic E-state index is -4.69. The van der Waals surface area contributed by atoms with Gasteiger partial charge < -0.3 is 15.7 Å². The molecule has 3 heterocycles. The first-order valence-electron chi connectivity index (χ1n) is 9.38. The Kier molecular flexibility index (Phi) is 5.44. The lowest BCUT2D eigenvalue weighted by molar-refractivity contribution is -0.141. The number of nitrogens with zero attached hydrogens (tertiary/aromatic N) is 5. The highest BCUT2D eigenvalue weighted by Crippen LogP contribution is 2.29. The number of aromatic nitrogens is 5. The Balaban J connectivity index is 2.06. The zero-order chi connectivity index (χ0) is 22.8. The summed E-state index contributed by atoms with van der Waals surface area (Å²) in [6.07, 6.45) is -3.11. The first-order chi connectivity index (χ1) is 14.4. The topological polar surface area (TPSA) is 109 Å². The molecule has 11 heteroatoms. The Bertz CT molecular complexity index is 1090. The van der Waals surface area contributed by atoms with Gasteiger partial charge in [0.15, 0.2) is 5.82 Å². The monoisotopic (exact) mass is 420 g/mol. The van der Waals surface area contributed by atoms with Crippen molar-refractivity contribution in [3.63, 3.8) is 0 Å². The molecule has 30 heavy (non-hydrogen) atoms. The SMILES string of the molecule is [2H]c1ccc(C(F)(F)F)nc1-c1nc(NCC(C)(C)O)nc(Nc2ccnc(C)c2)n1. The van der Waals surface area contributed by atoms with E-state index in [1.807, 2.05) is 0 Å². The predicted octanol–water partition coefficient (Wildman–Crippen LogP) is 3.58. The van der Waals surface area contributed by atoms with E-state index in [-0.39, 0.29) is 36.0 Å². The zero-order valence-corrected chi connectivity index (χ0v) is 16.4. The van der Waals surface area contributed by atoms with Crippen molar-refractivity contribution in [1.82, 2.24) is 24.9 Å². The molecule has 0 aliphatic carbocycles. The molecule has 3 aromatic heterocycles. The van der Waals surface area contributed by atoms with Crippen LogP contribution < -0.4 is 10.6 Å². The summed E-state index contributed by atoms with van der Waals surface area (Å²) < 4.78 is 47.3. The van der Waals surface area contributed by atoms with E-state index in [1.54, 1.807) is 39.1 Å². The largest absolute Gasteiger partial charge is 0.433 e. The van der Waals surface area contributed by atoms with Gasteiger partial charge in [-0.05, 0) is 45.0 Å². The van der Waals surface area contributed by atoms with Crippen LogP contribution in [0.5, 0.6) is 0 Å². The molecular formula is C19H20F3N7O. The number of hydrogen-bond acceptors (Lipinski definition) is 8. The molecular weight excluding hydrogens is 399 g/mol. The van der Waals surface area contributed by atoms with Gasteiger partial charge in [0.05, 0.1) is 6.97 Å². The summed E-state index contributed by atoms with van der Waals surface area (Å²) in [5.74, 6) is -0.205. The molecule has 3 aromatic rings. The lowest BCUT2D eigenvalue weighted by Gasteiger charge is -2.18. The average molecular weight is 420 g/mol. The Hall–Kier alpha value is -3.34. The van der Waals surface area contributed by atoms with Crippen LogP contribution in [0.4, 0.5) is 30.8 Å². The minimum Gasteiger partial charge on any atom is -0.389 e. The molecule has 0 aliphatic heterocycles. The highest BCUT2D eigenvalue weighted by atomic mass is 19.4. The summed E-state index contributed by atoms with van der Waals surface area (Å²) in [6, 6.07) is 4.82. The van der Waals surface area contributed by atoms with E-state index >= 15 is 0 Å². The molecule has 0 bridgehead atoms. The van der Waals surface area contributed by atoms with E-state index in [2.05, 4.69) is 35.6 Å². The standard InChI is InChI=1S/C19H20F3N7O/c1-11-9-12(7-8-23-11)25-17-28-15(27-16(29-17)24-10-18(2,3)30)13-5-4-6-14(26-13)19(20,21)22/h4-9,30H,10H2,1-3H3,(H2,23,24,25,27,28,29)/i5D. The molecule has 0 radical (unpaired) electrons. The summed E-state index contributed by atoms with van der Waals surface area (Å²) in [6.45, 7) is 4.99. The van der Waals surface area contributed by atoms with E-state index < -0.39 is 17.5 Å². The highest BCUT2D eigenvalue weighted by Gasteiger charge is 2.32. The summed E-state index contributed by atoms with van der Waals surface area (Å²) in [5.41, 5.74) is -1.28. The van der Waals surface area contributed by atoms with Gasteiger partial charge in [0.1, 0.15) is 11.4 Å². The van der Waals surface area contributed by atoms with Crippen molar-refractivity contribution in [2.75, 3.05) is 17.2 Å². The van der Waals surface area contributed by atoms with Crippen LogP contribution >= 0.6 is 0 Å². The van der Waals surface area contributed by atoms with Crippen molar-refractivity contribution in [3.05, 3.63) is 47.9 Å². The molecule has 0 saturated heterocycles. The van der Waals surface area contributed by atoms with Crippen molar-refractivity contribution < 1.29 is 19.6 Å². The van der Waals surface area contributed by atoms with Gasteiger partial charge in [-0.25, -0.2) is 4.98 Å². The van der Waals surface area contributed by atoms with Gasteiger partial charge in [0.2, 0.25) is 11.9 Å². The highest BCUT2D eigenvalue weighted by molar-refractivity contribution is 5.59. The van der Waals surface area contributed by atoms with Gasteiger partial charge in [-0.15, -0.1) is 0 Å². The molecule has 0 aliphatic rings. The first-order valence-corrected chi connectivity index (χ1v) is 8.88. The molecule has 0 atom stereocenters. The second-order valence-electron chi connectivity index (χ2n) is 7.10. The Labute approximate surface area is 172 Å². The summed E-state index contributed by atoms with van der Waals surface area (Å²) >= 11 is 0. The number of rotatable bonds is 6. The minimum absolute atomic E-state index is 0.000912. The third-order valence-electron chi connectivity index (χ3n) is 3.66. The van der Waals surface area contributed by atoms with Crippen LogP contribution in [0.3, 0.4) is 0 Å². The molecule has 0 unspecified atom stereocenters. The van der Waals surface area contributed by atoms with Gasteiger partial charge in [-0.2, -0.15) is 28.1 Å². The van der Waals surface area contributed by atoms with Crippen LogP contribution in [-0.4, -0.2) is 42.2 Å². The fourth-order valence-electron chi connectivity index (χ4n) is 2.33.